The molecule has 5 atom stereocenters. The highest BCUT2D eigenvalue weighted by Crippen LogP contribution is 2.47. The van der Waals surface area contributed by atoms with Gasteiger partial charge < -0.3 is 32.2 Å². The monoisotopic (exact) mass is 579 g/mol. The van der Waals surface area contributed by atoms with E-state index in [1.807, 2.05) is 0 Å². The maximum atomic E-state index is 14.0. The predicted octanol–water partition coefficient (Wildman–Crippen LogP) is 1.19. The average Bonchev–Trinajstić information content (AvgIpc) is 3.59. The molecular formula is C30H54ClN7O2. The van der Waals surface area contributed by atoms with Gasteiger partial charge in [-0.25, -0.2) is 0 Å². The van der Waals surface area contributed by atoms with Crippen molar-refractivity contribution in [3.05, 3.63) is 0 Å². The molecule has 1 aliphatic carbocycles. The summed E-state index contributed by atoms with van der Waals surface area (Å²) in [6, 6.07) is 1.06. The van der Waals surface area contributed by atoms with E-state index in [0.717, 1.165) is 65.1 Å². The molecule has 40 heavy (non-hydrogen) atoms. The topological polar surface area (TPSA) is 121 Å². The second-order valence-corrected chi connectivity index (χ2v) is 14.9. The first-order valence-corrected chi connectivity index (χ1v) is 16.7. The lowest BCUT2D eigenvalue weighted by atomic mass is 9.72. The number of carbonyl (C=O) groups excluding carboxylic acids is 1. The number of halogens is 1. The largest absolute Gasteiger partial charge is 0.380 e. The molecule has 6 aliphatic rings. The van der Waals surface area contributed by atoms with Crippen molar-refractivity contribution in [3.63, 3.8) is 0 Å². The third kappa shape index (κ3) is 6.37. The van der Waals surface area contributed by atoms with Crippen LogP contribution in [-0.4, -0.2) is 110 Å². The van der Waals surface area contributed by atoms with Gasteiger partial charge >= 0.3 is 0 Å². The van der Waals surface area contributed by atoms with Crippen molar-refractivity contribution in [2.75, 3.05) is 59.0 Å². The third-order valence-electron chi connectivity index (χ3n) is 11.6. The van der Waals surface area contributed by atoms with E-state index in [0.29, 0.717) is 24.0 Å². The molecule has 5 heterocycles. The molecule has 5 aliphatic heterocycles. The Hall–Kier alpha value is -0.520. The Balaban J connectivity index is 1.08. The van der Waals surface area contributed by atoms with Gasteiger partial charge in [-0.15, -0.1) is 11.6 Å². The fourth-order valence-electron chi connectivity index (χ4n) is 9.14. The second-order valence-electron chi connectivity index (χ2n) is 14.3. The highest BCUT2D eigenvalue weighted by molar-refractivity contribution is 6.20. The molecule has 0 aromatic carbocycles. The molecule has 1 amide bonds. The molecule has 5 saturated heterocycles. The summed E-state index contributed by atoms with van der Waals surface area (Å²) in [6.45, 7) is 9.04. The first kappa shape index (κ1) is 29.5. The van der Waals surface area contributed by atoms with Gasteiger partial charge in [-0.3, -0.25) is 14.6 Å². The quantitative estimate of drug-likeness (QED) is 0.235. The van der Waals surface area contributed by atoms with Gasteiger partial charge in [0.15, 0.2) is 0 Å². The molecule has 7 N–H and O–H groups in total. The van der Waals surface area contributed by atoms with Crippen LogP contribution >= 0.6 is 11.6 Å². The lowest BCUT2D eigenvalue weighted by molar-refractivity contribution is -0.128. The SMILES string of the molecule is NC(N)C(C(=O)NC1CNCCC1N1CCC(N2CCC3(COC3)C2)CC1)C1CC2(CCCC2)CCC(Cl)CN1. The van der Waals surface area contributed by atoms with E-state index in [4.69, 9.17) is 27.8 Å². The molecule has 0 radical (unpaired) electrons. The van der Waals surface area contributed by atoms with Crippen LogP contribution < -0.4 is 27.4 Å². The minimum atomic E-state index is -0.709. The maximum absolute atomic E-state index is 14.0. The van der Waals surface area contributed by atoms with E-state index in [1.54, 1.807) is 0 Å². The van der Waals surface area contributed by atoms with Crippen LogP contribution in [0, 0.1) is 16.7 Å². The zero-order valence-electron chi connectivity index (χ0n) is 24.4. The summed E-state index contributed by atoms with van der Waals surface area (Å²) in [7, 11) is 0. The Morgan fingerprint density at radius 1 is 0.950 bits per heavy atom. The Labute approximate surface area is 246 Å². The lowest BCUT2D eigenvalue weighted by Gasteiger charge is -2.46. The minimum Gasteiger partial charge on any atom is -0.380 e. The molecule has 0 bridgehead atoms. The van der Waals surface area contributed by atoms with Crippen molar-refractivity contribution in [3.8, 4) is 0 Å². The third-order valence-corrected chi connectivity index (χ3v) is 12.0. The van der Waals surface area contributed by atoms with Gasteiger partial charge in [-0.05, 0) is 76.3 Å². The predicted molar refractivity (Wildman–Crippen MR) is 159 cm³/mol. The Morgan fingerprint density at radius 2 is 1.73 bits per heavy atom. The molecule has 0 aromatic rings. The second kappa shape index (κ2) is 12.6. The summed E-state index contributed by atoms with van der Waals surface area (Å²) in [6.07, 6.45) is 12.2. The average molecular weight is 580 g/mol. The molecule has 10 heteroatoms. The molecule has 9 nitrogen and oxygen atoms in total. The van der Waals surface area contributed by atoms with Gasteiger partial charge in [0.1, 0.15) is 0 Å². The number of likely N-dealkylation sites (tertiary alicyclic amines) is 2. The van der Waals surface area contributed by atoms with Gasteiger partial charge in [-0.2, -0.15) is 0 Å². The van der Waals surface area contributed by atoms with Gasteiger partial charge in [0.2, 0.25) is 5.91 Å². The number of hydrogen-bond donors (Lipinski definition) is 5. The number of alkyl halides is 1. The van der Waals surface area contributed by atoms with Crippen LogP contribution in [0.5, 0.6) is 0 Å². The maximum Gasteiger partial charge on any atom is 0.227 e. The molecule has 0 aromatic heterocycles. The molecule has 6 fully saturated rings. The number of ether oxygens (including phenoxy) is 1. The van der Waals surface area contributed by atoms with E-state index in [1.165, 1.54) is 58.0 Å². The first-order valence-electron chi connectivity index (χ1n) is 16.3. The number of piperidine rings is 2. The number of nitrogens with two attached hydrogens (primary N) is 2. The smallest absolute Gasteiger partial charge is 0.227 e. The number of hydrogen-bond acceptors (Lipinski definition) is 8. The van der Waals surface area contributed by atoms with E-state index in [9.17, 15) is 4.79 Å². The Bertz CT molecular complexity index is 859. The first-order chi connectivity index (χ1) is 19.4. The van der Waals surface area contributed by atoms with Crippen molar-refractivity contribution in [1.29, 1.82) is 0 Å². The summed E-state index contributed by atoms with van der Waals surface area (Å²) in [4.78, 5) is 19.4. The standard InChI is InChI=1S/C30H54ClN7O2/c31-21-3-9-29(7-1-2-8-29)15-23(35-16-21)26(27(32)33)28(39)36-24-17-34-11-4-25(24)37-12-5-22(6-13-37)38-14-10-30(18-38)19-40-20-30/h21-27,34-35H,1-20,32-33H2,(H,36,39). The molecule has 5 unspecified atom stereocenters. The van der Waals surface area contributed by atoms with Crippen molar-refractivity contribution >= 4 is 17.5 Å². The van der Waals surface area contributed by atoms with Gasteiger partial charge in [0.25, 0.3) is 0 Å². The molecular weight excluding hydrogens is 526 g/mol. The van der Waals surface area contributed by atoms with Crippen LogP contribution in [0.1, 0.15) is 70.6 Å². The molecule has 228 valence electrons. The minimum absolute atomic E-state index is 0.00557. The van der Waals surface area contributed by atoms with E-state index < -0.39 is 12.1 Å². The molecule has 6 rings (SSSR count). The van der Waals surface area contributed by atoms with Gasteiger partial charge in [-0.1, -0.05) is 12.8 Å². The van der Waals surface area contributed by atoms with Crippen LogP contribution in [0.4, 0.5) is 0 Å². The normalized spacial score (nSPS) is 36.4. The van der Waals surface area contributed by atoms with Crippen molar-refractivity contribution in [2.24, 2.45) is 28.2 Å². The van der Waals surface area contributed by atoms with Crippen molar-refractivity contribution in [1.82, 2.24) is 25.8 Å². The van der Waals surface area contributed by atoms with Gasteiger partial charge in [0.05, 0.1) is 31.3 Å². The van der Waals surface area contributed by atoms with E-state index >= 15 is 0 Å². The Morgan fingerprint density at radius 3 is 2.40 bits per heavy atom. The zero-order valence-corrected chi connectivity index (χ0v) is 25.2. The van der Waals surface area contributed by atoms with Crippen LogP contribution in [0.3, 0.4) is 0 Å². The number of nitrogens with zero attached hydrogens (tertiary/aromatic N) is 2. The van der Waals surface area contributed by atoms with Crippen LogP contribution in [0.15, 0.2) is 0 Å². The summed E-state index contributed by atoms with van der Waals surface area (Å²) in [5, 5.41) is 10.7. The number of carbonyl (C=O) groups is 1. The Kier molecular flexibility index (Phi) is 9.31. The number of rotatable bonds is 6. The summed E-state index contributed by atoms with van der Waals surface area (Å²) in [5.74, 6) is -0.461. The summed E-state index contributed by atoms with van der Waals surface area (Å²) in [5.41, 5.74) is 13.5. The van der Waals surface area contributed by atoms with Crippen molar-refractivity contribution in [2.45, 2.75) is 106 Å². The summed E-state index contributed by atoms with van der Waals surface area (Å²) >= 11 is 6.67. The highest BCUT2D eigenvalue weighted by atomic mass is 35.5. The van der Waals surface area contributed by atoms with Crippen LogP contribution in [0.25, 0.3) is 0 Å². The fraction of sp³-hybridized carbons (Fsp3) is 0.967. The zero-order chi connectivity index (χ0) is 27.7. The fourth-order valence-corrected chi connectivity index (χ4v) is 9.34. The van der Waals surface area contributed by atoms with E-state index in [-0.39, 0.29) is 28.8 Å². The molecule has 1 saturated carbocycles. The number of nitrogens with one attached hydrogen (secondary N) is 3. The highest BCUT2D eigenvalue weighted by Gasteiger charge is 2.47. The van der Waals surface area contributed by atoms with E-state index in [2.05, 4.69) is 25.8 Å². The van der Waals surface area contributed by atoms with Gasteiger partial charge in [0, 0.05) is 61.6 Å². The van der Waals surface area contributed by atoms with Crippen LogP contribution in [-0.2, 0) is 9.53 Å². The summed E-state index contributed by atoms with van der Waals surface area (Å²) < 4.78 is 5.55. The van der Waals surface area contributed by atoms with Crippen molar-refractivity contribution < 1.29 is 9.53 Å². The lowest BCUT2D eigenvalue weighted by Crippen LogP contribution is -2.65. The van der Waals surface area contributed by atoms with Crippen LogP contribution in [0.2, 0.25) is 0 Å². The molecule has 2 spiro atoms. The number of amides is 1.